The number of hydrogen-bond donors (Lipinski definition) is 1. The molecule has 1 amide bonds. The van der Waals surface area contributed by atoms with Gasteiger partial charge in [0.1, 0.15) is 4.88 Å². The highest BCUT2D eigenvalue weighted by Gasteiger charge is 2.23. The molecular weight excluding hydrogens is 340 g/mol. The van der Waals surface area contributed by atoms with Crippen LogP contribution in [0.25, 0.3) is 0 Å². The molecule has 100 valence electrons. The molecule has 0 aliphatic heterocycles. The lowest BCUT2D eigenvalue weighted by atomic mass is 10.2. The standard InChI is InChI=1S/C11H8BrF2N3OS/c1-5-2-6(12)4-7(3-5)15-11(18)9-8(10(13)14)16-17-19-9/h2-4,10H,1H3,(H,15,18). The van der Waals surface area contributed by atoms with Gasteiger partial charge in [0.15, 0.2) is 5.69 Å². The van der Waals surface area contributed by atoms with Crippen LogP contribution in [-0.2, 0) is 0 Å². The number of carbonyl (C=O) groups is 1. The molecule has 4 nitrogen and oxygen atoms in total. The van der Waals surface area contributed by atoms with E-state index >= 15 is 0 Å². The summed E-state index contributed by atoms with van der Waals surface area (Å²) in [7, 11) is 0. The Hall–Kier alpha value is -1.41. The highest BCUT2D eigenvalue weighted by molar-refractivity contribution is 9.10. The number of rotatable bonds is 3. The van der Waals surface area contributed by atoms with E-state index in [1.165, 1.54) is 0 Å². The molecule has 8 heteroatoms. The van der Waals surface area contributed by atoms with Gasteiger partial charge in [0.2, 0.25) is 0 Å². The number of benzene rings is 1. The van der Waals surface area contributed by atoms with Gasteiger partial charge in [0, 0.05) is 10.2 Å². The lowest BCUT2D eigenvalue weighted by molar-refractivity contribution is 0.101. The minimum Gasteiger partial charge on any atom is -0.321 e. The smallest absolute Gasteiger partial charge is 0.283 e. The molecule has 0 radical (unpaired) electrons. The van der Waals surface area contributed by atoms with Crippen LogP contribution in [0, 0.1) is 6.92 Å². The summed E-state index contributed by atoms with van der Waals surface area (Å²) in [6.07, 6.45) is -2.82. The Balaban J connectivity index is 2.23. The second-order valence-electron chi connectivity index (χ2n) is 3.76. The summed E-state index contributed by atoms with van der Waals surface area (Å²) >= 11 is 3.94. The molecule has 0 bridgehead atoms. The zero-order valence-electron chi connectivity index (χ0n) is 9.65. The van der Waals surface area contributed by atoms with Gasteiger partial charge in [0.05, 0.1) is 0 Å². The SMILES string of the molecule is Cc1cc(Br)cc(NC(=O)c2snnc2C(F)F)c1. The van der Waals surface area contributed by atoms with E-state index in [9.17, 15) is 13.6 Å². The van der Waals surface area contributed by atoms with Crippen LogP contribution in [0.4, 0.5) is 14.5 Å². The van der Waals surface area contributed by atoms with Gasteiger partial charge in [-0.25, -0.2) is 8.78 Å². The topological polar surface area (TPSA) is 54.9 Å². The number of amides is 1. The maximum absolute atomic E-state index is 12.6. The summed E-state index contributed by atoms with van der Waals surface area (Å²) in [6.45, 7) is 1.86. The van der Waals surface area contributed by atoms with Crippen molar-refractivity contribution in [1.29, 1.82) is 0 Å². The highest BCUT2D eigenvalue weighted by Crippen LogP contribution is 2.25. The Morgan fingerprint density at radius 1 is 1.42 bits per heavy atom. The average molecular weight is 348 g/mol. The summed E-state index contributed by atoms with van der Waals surface area (Å²) in [5.74, 6) is -0.636. The summed E-state index contributed by atoms with van der Waals surface area (Å²) < 4.78 is 29.4. The number of aryl methyl sites for hydroxylation is 1. The van der Waals surface area contributed by atoms with E-state index in [4.69, 9.17) is 0 Å². The third-order valence-corrected chi connectivity index (χ3v) is 3.42. The lowest BCUT2D eigenvalue weighted by Gasteiger charge is -2.06. The normalized spacial score (nSPS) is 10.8. The Kier molecular flexibility index (Phi) is 4.20. The number of hydrogen-bond acceptors (Lipinski definition) is 4. The van der Waals surface area contributed by atoms with Gasteiger partial charge in [-0.05, 0) is 42.2 Å². The second-order valence-corrected chi connectivity index (χ2v) is 5.43. The molecule has 19 heavy (non-hydrogen) atoms. The van der Waals surface area contributed by atoms with Crippen LogP contribution < -0.4 is 5.32 Å². The molecule has 0 saturated heterocycles. The average Bonchev–Trinajstić information content (AvgIpc) is 2.75. The molecule has 1 aromatic heterocycles. The van der Waals surface area contributed by atoms with E-state index in [1.807, 2.05) is 13.0 Å². The van der Waals surface area contributed by atoms with E-state index < -0.39 is 18.0 Å². The predicted octanol–water partition coefficient (Wildman–Crippen LogP) is 3.80. The van der Waals surface area contributed by atoms with Crippen molar-refractivity contribution < 1.29 is 13.6 Å². The number of aromatic nitrogens is 2. The number of anilines is 1. The third kappa shape index (κ3) is 3.32. The van der Waals surface area contributed by atoms with Crippen molar-refractivity contribution in [2.45, 2.75) is 13.3 Å². The highest BCUT2D eigenvalue weighted by atomic mass is 79.9. The summed E-state index contributed by atoms with van der Waals surface area (Å²) in [6, 6.07) is 5.29. The molecule has 1 heterocycles. The molecule has 0 fully saturated rings. The maximum Gasteiger partial charge on any atom is 0.283 e. The van der Waals surface area contributed by atoms with Crippen molar-refractivity contribution in [2.75, 3.05) is 5.32 Å². The van der Waals surface area contributed by atoms with Crippen molar-refractivity contribution in [3.63, 3.8) is 0 Å². The van der Waals surface area contributed by atoms with Crippen LogP contribution in [0.2, 0.25) is 0 Å². The van der Waals surface area contributed by atoms with Gasteiger partial charge >= 0.3 is 0 Å². The first kappa shape index (κ1) is 14.0. The first-order chi connectivity index (χ1) is 8.97. The second kappa shape index (κ2) is 5.70. The molecule has 0 aliphatic rings. The number of nitrogens with one attached hydrogen (secondary N) is 1. The molecule has 0 unspecified atom stereocenters. The van der Waals surface area contributed by atoms with E-state index in [2.05, 4.69) is 30.8 Å². The van der Waals surface area contributed by atoms with Crippen LogP contribution >= 0.6 is 27.5 Å². The fraction of sp³-hybridized carbons (Fsp3) is 0.182. The van der Waals surface area contributed by atoms with Gasteiger partial charge in [-0.2, -0.15) is 0 Å². The van der Waals surface area contributed by atoms with Crippen molar-refractivity contribution in [3.05, 3.63) is 38.8 Å². The van der Waals surface area contributed by atoms with Gasteiger partial charge < -0.3 is 5.32 Å². The minimum absolute atomic E-state index is 0.173. The van der Waals surface area contributed by atoms with Crippen LogP contribution in [0.15, 0.2) is 22.7 Å². The van der Waals surface area contributed by atoms with E-state index in [0.29, 0.717) is 17.2 Å². The molecule has 0 spiro atoms. The first-order valence-electron chi connectivity index (χ1n) is 5.16. The van der Waals surface area contributed by atoms with Crippen LogP contribution in [-0.4, -0.2) is 15.5 Å². The fourth-order valence-electron chi connectivity index (χ4n) is 1.49. The van der Waals surface area contributed by atoms with Crippen molar-refractivity contribution in [1.82, 2.24) is 9.59 Å². The van der Waals surface area contributed by atoms with Crippen LogP contribution in [0.3, 0.4) is 0 Å². The van der Waals surface area contributed by atoms with Gasteiger partial charge in [-0.1, -0.05) is 20.4 Å². The van der Waals surface area contributed by atoms with E-state index in [0.717, 1.165) is 10.0 Å². The van der Waals surface area contributed by atoms with Gasteiger partial charge in [-0.15, -0.1) is 5.10 Å². The molecular formula is C11H8BrF2N3OS. The number of alkyl halides is 2. The minimum atomic E-state index is -2.82. The summed E-state index contributed by atoms with van der Waals surface area (Å²) in [4.78, 5) is 11.7. The Morgan fingerprint density at radius 2 is 2.16 bits per heavy atom. The molecule has 2 rings (SSSR count). The van der Waals surface area contributed by atoms with Crippen molar-refractivity contribution in [2.24, 2.45) is 0 Å². The van der Waals surface area contributed by atoms with Gasteiger partial charge in [0.25, 0.3) is 12.3 Å². The number of halogens is 3. The number of carbonyl (C=O) groups excluding carboxylic acids is 1. The molecule has 1 aromatic carbocycles. The quantitative estimate of drug-likeness (QED) is 0.918. The molecule has 1 N–H and O–H groups in total. The molecule has 0 saturated carbocycles. The predicted molar refractivity (Wildman–Crippen MR) is 71.7 cm³/mol. The van der Waals surface area contributed by atoms with E-state index in [-0.39, 0.29) is 4.88 Å². The van der Waals surface area contributed by atoms with Crippen LogP contribution in [0.1, 0.15) is 27.4 Å². The van der Waals surface area contributed by atoms with Crippen molar-refractivity contribution in [3.8, 4) is 0 Å². The third-order valence-electron chi connectivity index (χ3n) is 2.23. The lowest BCUT2D eigenvalue weighted by Crippen LogP contribution is -2.12. The van der Waals surface area contributed by atoms with Gasteiger partial charge in [-0.3, -0.25) is 4.79 Å². The largest absolute Gasteiger partial charge is 0.321 e. The first-order valence-corrected chi connectivity index (χ1v) is 6.73. The summed E-state index contributed by atoms with van der Waals surface area (Å²) in [5.41, 5.74) is 0.862. The van der Waals surface area contributed by atoms with Crippen molar-refractivity contribution >= 4 is 39.1 Å². The fourth-order valence-corrected chi connectivity index (χ4v) is 2.67. The van der Waals surface area contributed by atoms with E-state index in [1.54, 1.807) is 12.1 Å². The zero-order chi connectivity index (χ0) is 14.0. The molecule has 2 aromatic rings. The molecule has 0 aliphatic carbocycles. The van der Waals surface area contributed by atoms with Crippen LogP contribution in [0.5, 0.6) is 0 Å². The zero-order valence-corrected chi connectivity index (χ0v) is 12.1. The maximum atomic E-state index is 12.6. The Bertz CT molecular complexity index is 597. The molecule has 0 atom stereocenters. The summed E-state index contributed by atoms with van der Waals surface area (Å²) in [5, 5.41) is 5.81. The number of nitrogens with zero attached hydrogens (tertiary/aromatic N) is 2. The Labute approximate surface area is 120 Å². The Morgan fingerprint density at radius 3 is 2.79 bits per heavy atom. The monoisotopic (exact) mass is 347 g/mol.